The van der Waals surface area contributed by atoms with Gasteiger partial charge in [0.2, 0.25) is 0 Å². The summed E-state index contributed by atoms with van der Waals surface area (Å²) in [5, 5.41) is 32.8. The molecule has 2 heterocycles. The third-order valence-corrected chi connectivity index (χ3v) is 10.2. The van der Waals surface area contributed by atoms with Gasteiger partial charge in [-0.3, -0.25) is 38.5 Å². The topological polar surface area (TPSA) is 364 Å². The molecule has 4 rings (SSSR count). The largest absolute Gasteiger partial charge is 1.00 e. The molecule has 0 atom stereocenters. The van der Waals surface area contributed by atoms with Crippen LogP contribution in [-0.4, -0.2) is 97.1 Å². The molecule has 0 saturated heterocycles. The quantitative estimate of drug-likeness (QED) is 0.0402. The number of hydrogen-bond donors (Lipinski definition) is 3. The van der Waals surface area contributed by atoms with Crippen LogP contribution in [0.4, 0.5) is 11.4 Å². The predicted molar refractivity (Wildman–Crippen MR) is 174 cm³/mol. The van der Waals surface area contributed by atoms with Gasteiger partial charge in [0.05, 0.1) is 38.0 Å². The number of aryl methyl sites for hydroxylation is 1. The fraction of sp³-hybridized carbons (Fsp3) is 0.0741. The molecule has 1 aromatic heterocycles. The van der Waals surface area contributed by atoms with Crippen LogP contribution >= 0.6 is 0 Å². The van der Waals surface area contributed by atoms with Gasteiger partial charge in [0.25, 0.3) is 31.7 Å². The number of aliphatic imine (C=N–C) groups is 2. The third kappa shape index (κ3) is 13.7. The smallest absolute Gasteiger partial charge is 0.857 e. The Morgan fingerprint density at radius 2 is 1.19 bits per heavy atom. The number of nitrogens with one attached hydrogen (secondary N) is 1. The summed E-state index contributed by atoms with van der Waals surface area (Å²) in [6, 6.07) is 3.01. The van der Waals surface area contributed by atoms with E-state index in [4.69, 9.17) is 0 Å². The predicted octanol–water partition coefficient (Wildman–Crippen LogP) is -14.1. The second kappa shape index (κ2) is 21.3. The first kappa shape index (κ1) is 55.4. The molecule has 0 spiro atoms. The van der Waals surface area contributed by atoms with Crippen LogP contribution in [0.2, 0.25) is 0 Å². The molecule has 1 aliphatic rings. The van der Waals surface area contributed by atoms with Crippen molar-refractivity contribution < 1.29 is 185 Å². The number of allylic oxidation sites excluding steroid dienone is 4. The van der Waals surface area contributed by atoms with Gasteiger partial charge in [-0.25, -0.2) is 21.8 Å². The van der Waals surface area contributed by atoms with Crippen LogP contribution in [0.3, 0.4) is 0 Å². The van der Waals surface area contributed by atoms with Crippen molar-refractivity contribution in [3.05, 3.63) is 87.9 Å². The molecule has 0 fully saturated rings. The molecule has 3 aromatic rings. The number of carbonyl (C=O) groups excluding carboxylic acids is 1. The molecule has 0 aliphatic carbocycles. The first-order valence-electron chi connectivity index (χ1n) is 13.7. The van der Waals surface area contributed by atoms with E-state index < -0.39 is 112 Å². The molecule has 0 saturated carbocycles. The maximum atomic E-state index is 13.0. The van der Waals surface area contributed by atoms with E-state index in [1.54, 1.807) is 0 Å². The summed E-state index contributed by atoms with van der Waals surface area (Å²) >= 11 is 0. The molecule has 1 amide bonds. The number of aromatic nitrogens is 2. The van der Waals surface area contributed by atoms with E-state index in [9.17, 15) is 71.7 Å². The van der Waals surface area contributed by atoms with Crippen molar-refractivity contribution in [3.63, 3.8) is 0 Å². The van der Waals surface area contributed by atoms with Crippen molar-refractivity contribution in [3.8, 4) is 0 Å². The normalized spacial score (nSPS) is 14.9. The zero-order chi connectivity index (χ0) is 39.8. The Balaban J connectivity index is 0.00000784. The van der Waals surface area contributed by atoms with Crippen LogP contribution in [0.5, 0.6) is 0 Å². The second-order valence-corrected chi connectivity index (χ2v) is 15.9. The Labute approximate surface area is 412 Å². The van der Waals surface area contributed by atoms with E-state index in [1.807, 2.05) is 0 Å². The molecule has 0 radical (unpaired) electrons. The SMILES string of the molecule is CN1N=C(C([O-])=Nc2cc(S(=O)(=O)[O-])ccc2S(=O)(=O)O)C(=CC=CC=Cc2c(C([O-])=Nc3cc(S(=O)(=O)[O-])ccc3S(=O)(=O)O)[nH]n(C)c2=O)C1=O.[Na+].[Na+].[Na+].[Na+]. The van der Waals surface area contributed by atoms with E-state index in [1.165, 1.54) is 13.1 Å². The molecular weight excluding hydrogens is 885 g/mol. The minimum atomic E-state index is -5.17. The van der Waals surface area contributed by atoms with E-state index in [-0.39, 0.29) is 124 Å². The molecule has 3 N–H and O–H groups in total. The van der Waals surface area contributed by atoms with Gasteiger partial charge < -0.3 is 19.3 Å². The Hall–Kier alpha value is -1.61. The molecule has 0 bridgehead atoms. The molecule has 57 heavy (non-hydrogen) atoms. The number of aromatic amines is 1. The summed E-state index contributed by atoms with van der Waals surface area (Å²) in [6.45, 7) is 0. The minimum Gasteiger partial charge on any atom is -0.857 e. The number of benzene rings is 2. The van der Waals surface area contributed by atoms with Crippen molar-refractivity contribution in [1.29, 1.82) is 0 Å². The van der Waals surface area contributed by atoms with Crippen LogP contribution in [0.15, 0.2) is 106 Å². The van der Waals surface area contributed by atoms with E-state index >= 15 is 0 Å². The van der Waals surface area contributed by atoms with Crippen molar-refractivity contribution in [2.24, 2.45) is 22.1 Å². The Morgan fingerprint density at radius 3 is 1.63 bits per heavy atom. The van der Waals surface area contributed by atoms with Gasteiger partial charge in [0.15, 0.2) is 0 Å². The fourth-order valence-electron chi connectivity index (χ4n) is 4.33. The van der Waals surface area contributed by atoms with E-state index in [2.05, 4.69) is 20.2 Å². The van der Waals surface area contributed by atoms with Gasteiger partial charge in [-0.05, 0) is 48.6 Å². The molecule has 1 aliphatic heterocycles. The first-order chi connectivity index (χ1) is 24.3. The number of amides is 1. The summed E-state index contributed by atoms with van der Waals surface area (Å²) in [5.41, 5.74) is -4.80. The minimum absolute atomic E-state index is 0. The Bertz CT molecular complexity index is 2780. The summed E-state index contributed by atoms with van der Waals surface area (Å²) < 4.78 is 136. The van der Waals surface area contributed by atoms with Crippen molar-refractivity contribution in [2.45, 2.75) is 19.6 Å². The van der Waals surface area contributed by atoms with Crippen molar-refractivity contribution in [2.75, 3.05) is 7.05 Å². The number of nitrogens with zero attached hydrogens (tertiary/aromatic N) is 5. The van der Waals surface area contributed by atoms with Crippen LogP contribution in [0, 0.1) is 0 Å². The van der Waals surface area contributed by atoms with Crippen LogP contribution in [0.1, 0.15) is 11.3 Å². The molecule has 2 aromatic carbocycles. The molecular formula is C27H20N6Na4O16S4. The van der Waals surface area contributed by atoms with Crippen LogP contribution in [-0.2, 0) is 52.3 Å². The maximum absolute atomic E-state index is 13.0. The van der Waals surface area contributed by atoms with Gasteiger partial charge >= 0.3 is 118 Å². The summed E-state index contributed by atoms with van der Waals surface area (Å²) in [7, 11) is -18.2. The zero-order valence-corrected chi connectivity index (χ0v) is 41.6. The monoisotopic (exact) mass is 904 g/mol. The van der Waals surface area contributed by atoms with Crippen molar-refractivity contribution >= 4 is 81.3 Å². The Kier molecular flexibility index (Phi) is 20.7. The number of hydrazone groups is 1. The van der Waals surface area contributed by atoms with Gasteiger partial charge in [-0.15, -0.1) is 0 Å². The second-order valence-electron chi connectivity index (χ2n) is 10.3. The van der Waals surface area contributed by atoms with Gasteiger partial charge in [0, 0.05) is 25.9 Å². The number of H-pyrrole nitrogens is 1. The summed E-state index contributed by atoms with van der Waals surface area (Å²) in [5.74, 6) is -3.63. The number of carbonyl (C=O) groups is 1. The number of hydrogen-bond acceptors (Lipinski definition) is 17. The summed E-state index contributed by atoms with van der Waals surface area (Å²) in [4.78, 5) is 28.3. The molecule has 22 nitrogen and oxygen atoms in total. The average Bonchev–Trinajstić information content (AvgIpc) is 3.48. The van der Waals surface area contributed by atoms with Crippen LogP contribution < -0.4 is 134 Å². The van der Waals surface area contributed by atoms with Gasteiger partial charge in [-0.2, -0.15) is 21.9 Å². The first-order valence-corrected chi connectivity index (χ1v) is 19.4. The van der Waals surface area contributed by atoms with Crippen molar-refractivity contribution in [1.82, 2.24) is 14.8 Å². The maximum Gasteiger partial charge on any atom is 1.00 e. The van der Waals surface area contributed by atoms with Gasteiger partial charge in [-0.1, -0.05) is 18.2 Å². The Morgan fingerprint density at radius 1 is 0.737 bits per heavy atom. The van der Waals surface area contributed by atoms with E-state index in [0.717, 1.165) is 36.0 Å². The number of rotatable bonds is 11. The van der Waals surface area contributed by atoms with Gasteiger partial charge in [0.1, 0.15) is 35.7 Å². The average molecular weight is 905 g/mol. The standard InChI is InChI=1S/C27H24N6O16S4.4Na/c1-32-26(36)16(22(30-32)24(34)28-18-12-14(50(38,39)40)8-10-20(18)52(44,45)46)6-4-3-5-7-17-23(31-33(2)27(17)37)25(35)29-19-13-15(51(41,42)43)9-11-21(19)53(47,48)49;;;;/h3-13,30H,1-2H3,(H,28,34)(H,29,35)(H,38,39,40)(H,41,42,43)(H,44,45,46)(H,47,48,49);;;;/q;4*+1/p-4. The molecule has 0 unspecified atom stereocenters. The number of likely N-dealkylation sites (N-methyl/N-ethyl adjacent to an activating group) is 1. The third-order valence-electron chi connectivity index (χ3n) is 6.72. The van der Waals surface area contributed by atoms with Crippen LogP contribution in [0.25, 0.3) is 6.08 Å². The van der Waals surface area contributed by atoms with E-state index in [0.29, 0.717) is 41.4 Å². The summed E-state index contributed by atoms with van der Waals surface area (Å²) in [6.07, 6.45) is 5.52. The fourth-order valence-corrected chi connectivity index (χ4v) is 6.53. The molecule has 282 valence electrons. The molecule has 30 heteroatoms. The zero-order valence-electron chi connectivity index (χ0n) is 30.3.